The third-order valence-electron chi connectivity index (χ3n) is 1.97. The van der Waals surface area contributed by atoms with Gasteiger partial charge in [0.15, 0.2) is 0 Å². The molecule has 0 aromatic carbocycles. The summed E-state index contributed by atoms with van der Waals surface area (Å²) >= 11 is 0. The number of rotatable bonds is 0. The van der Waals surface area contributed by atoms with Crippen molar-refractivity contribution in [3.8, 4) is 0 Å². The SMILES string of the molecule is CC(C)(C)C1COCNS1(=O)=O. The zero-order valence-electron chi connectivity index (χ0n) is 7.62. The van der Waals surface area contributed by atoms with Crippen LogP contribution in [-0.4, -0.2) is 27.0 Å². The van der Waals surface area contributed by atoms with E-state index < -0.39 is 15.3 Å². The summed E-state index contributed by atoms with van der Waals surface area (Å²) < 4.78 is 30.3. The van der Waals surface area contributed by atoms with E-state index in [-0.39, 0.29) is 12.1 Å². The Labute approximate surface area is 73.3 Å². The monoisotopic (exact) mass is 193 g/mol. The molecule has 1 N–H and O–H groups in total. The number of nitrogens with one attached hydrogen (secondary N) is 1. The van der Waals surface area contributed by atoms with Gasteiger partial charge in [-0.3, -0.25) is 0 Å². The minimum atomic E-state index is -3.16. The van der Waals surface area contributed by atoms with Crippen molar-refractivity contribution in [1.82, 2.24) is 4.72 Å². The molecule has 0 aliphatic carbocycles. The van der Waals surface area contributed by atoms with Crippen LogP contribution in [0, 0.1) is 5.41 Å². The molecule has 72 valence electrons. The van der Waals surface area contributed by atoms with Crippen molar-refractivity contribution in [1.29, 1.82) is 0 Å². The summed E-state index contributed by atoms with van der Waals surface area (Å²) in [4.78, 5) is 0. The first-order valence-corrected chi connectivity index (χ1v) is 5.45. The van der Waals surface area contributed by atoms with Crippen molar-refractivity contribution in [2.75, 3.05) is 13.3 Å². The lowest BCUT2D eigenvalue weighted by Crippen LogP contribution is -2.50. The van der Waals surface area contributed by atoms with Crippen LogP contribution in [0.2, 0.25) is 0 Å². The average Bonchev–Trinajstić information content (AvgIpc) is 1.83. The highest BCUT2D eigenvalue weighted by molar-refractivity contribution is 7.90. The zero-order valence-corrected chi connectivity index (χ0v) is 8.44. The molecule has 0 radical (unpaired) electrons. The highest BCUT2D eigenvalue weighted by Crippen LogP contribution is 2.26. The maximum Gasteiger partial charge on any atom is 0.219 e. The Hall–Kier alpha value is -0.130. The lowest BCUT2D eigenvalue weighted by molar-refractivity contribution is 0.0924. The molecule has 1 aliphatic rings. The van der Waals surface area contributed by atoms with Crippen LogP contribution in [0.15, 0.2) is 0 Å². The van der Waals surface area contributed by atoms with Gasteiger partial charge in [-0.25, -0.2) is 8.42 Å². The first kappa shape index (κ1) is 9.95. The van der Waals surface area contributed by atoms with Gasteiger partial charge in [0, 0.05) is 0 Å². The van der Waals surface area contributed by atoms with Gasteiger partial charge < -0.3 is 4.74 Å². The molecule has 5 heteroatoms. The zero-order chi connectivity index (χ0) is 9.41. The molecule has 0 aromatic heterocycles. The van der Waals surface area contributed by atoms with Crippen molar-refractivity contribution < 1.29 is 13.2 Å². The van der Waals surface area contributed by atoms with Gasteiger partial charge in [0.05, 0.1) is 6.61 Å². The van der Waals surface area contributed by atoms with Gasteiger partial charge in [-0.2, -0.15) is 4.72 Å². The van der Waals surface area contributed by atoms with Crippen molar-refractivity contribution in [3.05, 3.63) is 0 Å². The molecule has 0 saturated carbocycles. The summed E-state index contributed by atoms with van der Waals surface area (Å²) in [5.74, 6) is 0. The normalized spacial score (nSPS) is 30.1. The molecule has 1 aliphatic heterocycles. The van der Waals surface area contributed by atoms with Gasteiger partial charge >= 0.3 is 0 Å². The molecule has 1 rings (SSSR count). The first-order chi connectivity index (χ1) is 5.34. The minimum Gasteiger partial charge on any atom is -0.364 e. The van der Waals surface area contributed by atoms with Crippen LogP contribution >= 0.6 is 0 Å². The van der Waals surface area contributed by atoms with Crippen LogP contribution in [0.1, 0.15) is 20.8 Å². The van der Waals surface area contributed by atoms with E-state index in [1.54, 1.807) is 0 Å². The third kappa shape index (κ3) is 1.97. The molecule has 0 aromatic rings. The quantitative estimate of drug-likeness (QED) is 0.602. The van der Waals surface area contributed by atoms with E-state index in [1.807, 2.05) is 20.8 Å². The third-order valence-corrected chi connectivity index (χ3v) is 4.08. The lowest BCUT2D eigenvalue weighted by atomic mass is 9.92. The van der Waals surface area contributed by atoms with Crippen LogP contribution in [0.5, 0.6) is 0 Å². The molecule has 1 saturated heterocycles. The minimum absolute atomic E-state index is 0.106. The lowest BCUT2D eigenvalue weighted by Gasteiger charge is -2.33. The van der Waals surface area contributed by atoms with Crippen LogP contribution in [0.4, 0.5) is 0 Å². The smallest absolute Gasteiger partial charge is 0.219 e. The Bertz CT molecular complexity index is 252. The van der Waals surface area contributed by atoms with E-state index in [0.717, 1.165) is 0 Å². The van der Waals surface area contributed by atoms with Crippen LogP contribution in [-0.2, 0) is 14.8 Å². The molecule has 0 spiro atoms. The Morgan fingerprint density at radius 2 is 2.00 bits per heavy atom. The number of hydrogen-bond donors (Lipinski definition) is 1. The fourth-order valence-corrected chi connectivity index (χ4v) is 2.85. The van der Waals surface area contributed by atoms with E-state index in [1.165, 1.54) is 0 Å². The number of sulfonamides is 1. The van der Waals surface area contributed by atoms with E-state index in [0.29, 0.717) is 6.61 Å². The van der Waals surface area contributed by atoms with Crippen LogP contribution < -0.4 is 4.72 Å². The van der Waals surface area contributed by atoms with Crippen LogP contribution in [0.25, 0.3) is 0 Å². The maximum absolute atomic E-state index is 11.4. The highest BCUT2D eigenvalue weighted by Gasteiger charge is 2.38. The molecule has 0 amide bonds. The van der Waals surface area contributed by atoms with Gasteiger partial charge in [0.1, 0.15) is 12.0 Å². The maximum atomic E-state index is 11.4. The predicted molar refractivity (Wildman–Crippen MR) is 46.1 cm³/mol. The fourth-order valence-electron chi connectivity index (χ4n) is 1.20. The molecule has 4 nitrogen and oxygen atoms in total. The molecular weight excluding hydrogens is 178 g/mol. The van der Waals surface area contributed by atoms with E-state index in [9.17, 15) is 8.42 Å². The summed E-state index contributed by atoms with van der Waals surface area (Å²) in [5, 5.41) is -0.446. The Balaban J connectivity index is 2.89. The van der Waals surface area contributed by atoms with E-state index in [4.69, 9.17) is 4.74 Å². The highest BCUT2D eigenvalue weighted by atomic mass is 32.2. The van der Waals surface area contributed by atoms with Crippen molar-refractivity contribution >= 4 is 10.0 Å². The molecule has 1 atom stereocenters. The number of ether oxygens (including phenoxy) is 1. The molecule has 1 unspecified atom stereocenters. The first-order valence-electron chi connectivity index (χ1n) is 3.90. The largest absolute Gasteiger partial charge is 0.364 e. The van der Waals surface area contributed by atoms with Gasteiger partial charge in [0.2, 0.25) is 10.0 Å². The molecule has 1 heterocycles. The Morgan fingerprint density at radius 3 is 2.33 bits per heavy atom. The second-order valence-electron chi connectivity index (χ2n) is 4.06. The van der Waals surface area contributed by atoms with Crippen molar-refractivity contribution in [2.24, 2.45) is 5.41 Å². The molecule has 12 heavy (non-hydrogen) atoms. The average molecular weight is 193 g/mol. The van der Waals surface area contributed by atoms with Crippen molar-refractivity contribution in [3.63, 3.8) is 0 Å². The fraction of sp³-hybridized carbons (Fsp3) is 1.00. The summed E-state index contributed by atoms with van der Waals surface area (Å²) in [6.07, 6.45) is 0. The van der Waals surface area contributed by atoms with E-state index >= 15 is 0 Å². The van der Waals surface area contributed by atoms with E-state index in [2.05, 4.69) is 4.72 Å². The van der Waals surface area contributed by atoms with Gasteiger partial charge in [0.25, 0.3) is 0 Å². The molecule has 0 bridgehead atoms. The van der Waals surface area contributed by atoms with Crippen LogP contribution in [0.3, 0.4) is 0 Å². The predicted octanol–water partition coefficient (Wildman–Crippen LogP) is 0.308. The van der Waals surface area contributed by atoms with Gasteiger partial charge in [-0.05, 0) is 5.41 Å². The summed E-state index contributed by atoms with van der Waals surface area (Å²) in [5.41, 5.74) is -0.272. The summed E-state index contributed by atoms with van der Waals surface area (Å²) in [6, 6.07) is 0. The second-order valence-corrected chi connectivity index (χ2v) is 6.01. The molecular formula is C7H15NO3S. The van der Waals surface area contributed by atoms with Crippen molar-refractivity contribution in [2.45, 2.75) is 26.0 Å². The topological polar surface area (TPSA) is 55.4 Å². The second kappa shape index (κ2) is 2.97. The Morgan fingerprint density at radius 1 is 1.42 bits per heavy atom. The Kier molecular flexibility index (Phi) is 2.47. The number of hydrogen-bond acceptors (Lipinski definition) is 3. The summed E-state index contributed by atoms with van der Waals surface area (Å²) in [6.45, 7) is 6.08. The van der Waals surface area contributed by atoms with Gasteiger partial charge in [-0.1, -0.05) is 20.8 Å². The standard InChI is InChI=1S/C7H15NO3S/c1-7(2,3)6-4-11-5-8-12(6,9)10/h6,8H,4-5H2,1-3H3. The summed E-state index contributed by atoms with van der Waals surface area (Å²) in [7, 11) is -3.16. The van der Waals surface area contributed by atoms with Gasteiger partial charge in [-0.15, -0.1) is 0 Å². The molecule has 1 fully saturated rings.